The van der Waals surface area contributed by atoms with E-state index < -0.39 is 17.2 Å². The number of esters is 1. The van der Waals surface area contributed by atoms with E-state index in [9.17, 15) is 14.7 Å². The van der Waals surface area contributed by atoms with Crippen LogP contribution in [0.3, 0.4) is 0 Å². The van der Waals surface area contributed by atoms with Crippen molar-refractivity contribution in [3.05, 3.63) is 39.1 Å². The molecule has 1 amide bonds. The molecule has 1 spiro atoms. The molecule has 6 nitrogen and oxygen atoms in total. The molecule has 1 aromatic carbocycles. The summed E-state index contributed by atoms with van der Waals surface area (Å²) in [7, 11) is 0. The van der Waals surface area contributed by atoms with E-state index in [0.29, 0.717) is 43.7 Å². The average Bonchev–Trinajstić information content (AvgIpc) is 2.55. The van der Waals surface area contributed by atoms with Crippen LogP contribution in [0.4, 0.5) is 0 Å². The Morgan fingerprint density at radius 3 is 2.21 bits per heavy atom. The van der Waals surface area contributed by atoms with E-state index in [1.165, 1.54) is 6.92 Å². The molecule has 1 aromatic rings. The number of aliphatic hydroxyl groups is 1. The first-order valence-corrected chi connectivity index (χ1v) is 10.7. The number of hydrogen-bond acceptors (Lipinski definition) is 5. The van der Waals surface area contributed by atoms with Crippen LogP contribution in [0.25, 0.3) is 5.57 Å². The molecule has 1 saturated heterocycles. The van der Waals surface area contributed by atoms with Gasteiger partial charge in [0.1, 0.15) is 11.5 Å². The zero-order valence-corrected chi connectivity index (χ0v) is 19.3. The number of nitrogens with one attached hydrogen (secondary N) is 1. The predicted molar refractivity (Wildman–Crippen MR) is 115 cm³/mol. The number of likely N-dealkylation sites (tertiary alicyclic amines) is 1. The van der Waals surface area contributed by atoms with Gasteiger partial charge in [-0.1, -0.05) is 15.9 Å². The van der Waals surface area contributed by atoms with Crippen LogP contribution >= 0.6 is 15.9 Å². The second kappa shape index (κ2) is 7.85. The highest BCUT2D eigenvalue weighted by Gasteiger charge is 2.48. The Balaban J connectivity index is 2.09. The normalized spacial score (nSPS) is 24.0. The van der Waals surface area contributed by atoms with Gasteiger partial charge in [0.2, 0.25) is 5.91 Å². The summed E-state index contributed by atoms with van der Waals surface area (Å²) >= 11 is 3.52. The third kappa shape index (κ3) is 4.42. The molecule has 158 valence electrons. The predicted octanol–water partition coefficient (Wildman–Crippen LogP) is 3.42. The molecule has 0 saturated carbocycles. The van der Waals surface area contributed by atoms with Gasteiger partial charge in [-0.2, -0.15) is 0 Å². The molecule has 0 aliphatic carbocycles. The van der Waals surface area contributed by atoms with E-state index in [1.807, 2.05) is 30.9 Å². The summed E-state index contributed by atoms with van der Waals surface area (Å²) in [5, 5.41) is 15.0. The first-order valence-electron chi connectivity index (χ1n) is 9.90. The first kappa shape index (κ1) is 22.0. The van der Waals surface area contributed by atoms with E-state index in [1.54, 1.807) is 13.8 Å². The van der Waals surface area contributed by atoms with Gasteiger partial charge in [-0.15, -0.1) is 0 Å². The Hall–Kier alpha value is -1.70. The molecule has 0 aromatic heterocycles. The summed E-state index contributed by atoms with van der Waals surface area (Å²) in [5.41, 5.74) is 1.65. The van der Waals surface area contributed by atoms with Crippen LogP contribution in [-0.4, -0.2) is 46.2 Å². The van der Waals surface area contributed by atoms with Crippen molar-refractivity contribution in [1.82, 2.24) is 10.2 Å². The topological polar surface area (TPSA) is 78.9 Å². The zero-order chi connectivity index (χ0) is 21.6. The van der Waals surface area contributed by atoms with Crippen molar-refractivity contribution in [2.45, 2.75) is 65.1 Å². The number of carbonyl (C=O) groups excluding carboxylic acids is 2. The van der Waals surface area contributed by atoms with Gasteiger partial charge in [-0.3, -0.25) is 14.9 Å². The minimum Gasteiger partial charge on any atom is -0.431 e. The van der Waals surface area contributed by atoms with Crippen molar-refractivity contribution >= 4 is 33.4 Å². The molecule has 7 heteroatoms. The summed E-state index contributed by atoms with van der Waals surface area (Å²) in [5.74, 6) is 0.157. The molecule has 1 atom stereocenters. The van der Waals surface area contributed by atoms with Crippen LogP contribution in [0.2, 0.25) is 0 Å². The monoisotopic (exact) mass is 464 g/mol. The maximum absolute atomic E-state index is 11.9. The molecule has 2 aliphatic rings. The van der Waals surface area contributed by atoms with Crippen LogP contribution in [-0.2, 0) is 14.3 Å². The lowest BCUT2D eigenvalue weighted by Gasteiger charge is -2.50. The van der Waals surface area contributed by atoms with E-state index in [0.717, 1.165) is 21.2 Å². The van der Waals surface area contributed by atoms with E-state index in [2.05, 4.69) is 21.2 Å². The quantitative estimate of drug-likeness (QED) is 0.655. The molecule has 2 N–H and O–H groups in total. The largest absolute Gasteiger partial charge is 0.431 e. The summed E-state index contributed by atoms with van der Waals surface area (Å²) in [6.45, 7) is 9.85. The van der Waals surface area contributed by atoms with Crippen LogP contribution in [0.5, 0.6) is 0 Å². The third-order valence-corrected chi connectivity index (χ3v) is 6.41. The maximum atomic E-state index is 11.9. The fourth-order valence-electron chi connectivity index (χ4n) is 4.79. The molecule has 29 heavy (non-hydrogen) atoms. The summed E-state index contributed by atoms with van der Waals surface area (Å²) in [6.07, 6.45) is 1.84. The molecule has 0 radical (unpaired) electrons. The van der Waals surface area contributed by atoms with Gasteiger partial charge >= 0.3 is 5.97 Å². The number of aryl methyl sites for hydroxylation is 2. The Bertz CT molecular complexity index is 860. The Kier molecular flexibility index (Phi) is 5.96. The van der Waals surface area contributed by atoms with E-state index in [-0.39, 0.29) is 5.91 Å². The Morgan fingerprint density at radius 1 is 1.17 bits per heavy atom. The van der Waals surface area contributed by atoms with Gasteiger partial charge in [-0.25, -0.2) is 0 Å². The Labute approximate surface area is 180 Å². The lowest BCUT2D eigenvalue weighted by atomic mass is 9.75. The minimum atomic E-state index is -1.38. The molecule has 1 unspecified atom stereocenters. The van der Waals surface area contributed by atoms with Crippen LogP contribution in [0.1, 0.15) is 56.7 Å². The zero-order valence-electron chi connectivity index (χ0n) is 17.7. The fraction of sp³-hybridized carbons (Fsp3) is 0.545. The summed E-state index contributed by atoms with van der Waals surface area (Å²) in [6, 6.07) is 3.99. The van der Waals surface area contributed by atoms with Gasteiger partial charge in [0, 0.05) is 48.9 Å². The lowest BCUT2D eigenvalue weighted by molar-refractivity contribution is -0.138. The highest BCUT2D eigenvalue weighted by Crippen LogP contribution is 2.45. The highest BCUT2D eigenvalue weighted by molar-refractivity contribution is 9.10. The number of halogens is 1. The Morgan fingerprint density at radius 2 is 1.72 bits per heavy atom. The van der Waals surface area contributed by atoms with Crippen LogP contribution in [0, 0.1) is 13.8 Å². The van der Waals surface area contributed by atoms with Crippen molar-refractivity contribution in [2.24, 2.45) is 0 Å². The number of ether oxygens (including phenoxy) is 1. The van der Waals surface area contributed by atoms with Crippen molar-refractivity contribution in [3.63, 3.8) is 0 Å². The number of carbonyl (C=O) groups is 2. The second-order valence-corrected chi connectivity index (χ2v) is 9.38. The van der Waals surface area contributed by atoms with Crippen molar-refractivity contribution in [2.75, 3.05) is 13.1 Å². The van der Waals surface area contributed by atoms with E-state index >= 15 is 0 Å². The minimum absolute atomic E-state index is 0.0555. The van der Waals surface area contributed by atoms with E-state index in [4.69, 9.17) is 4.74 Å². The van der Waals surface area contributed by atoms with Gasteiger partial charge in [-0.05, 0) is 62.4 Å². The molecule has 1 fully saturated rings. The molecule has 2 heterocycles. The number of nitrogens with zero attached hydrogens (tertiary/aromatic N) is 1. The van der Waals surface area contributed by atoms with Crippen LogP contribution < -0.4 is 5.32 Å². The second-order valence-electron chi connectivity index (χ2n) is 8.47. The highest BCUT2D eigenvalue weighted by atomic mass is 79.9. The van der Waals surface area contributed by atoms with Gasteiger partial charge in [0.15, 0.2) is 0 Å². The van der Waals surface area contributed by atoms with Crippen LogP contribution in [0.15, 0.2) is 22.4 Å². The number of benzene rings is 1. The molecule has 0 bridgehead atoms. The molecule has 3 rings (SSSR count). The SMILES string of the molecule is CC(=O)OC1=C(c2c(C)cc(Br)cc2C)C(C)(O)NC2(CCN(C(C)=O)CC2)C1. The van der Waals surface area contributed by atoms with Gasteiger partial charge < -0.3 is 14.7 Å². The van der Waals surface area contributed by atoms with Gasteiger partial charge in [0.05, 0.1) is 0 Å². The molecular weight excluding hydrogens is 436 g/mol. The van der Waals surface area contributed by atoms with Crippen molar-refractivity contribution in [3.8, 4) is 0 Å². The third-order valence-electron chi connectivity index (χ3n) is 5.95. The lowest BCUT2D eigenvalue weighted by Crippen LogP contribution is -2.64. The van der Waals surface area contributed by atoms with Gasteiger partial charge in [0.25, 0.3) is 0 Å². The standard InChI is InChI=1S/C22H29BrN2O4/c1-13-10-17(23)11-14(2)19(13)20-18(29-16(4)27)12-22(24-21(20,5)28)6-8-25(9-7-22)15(3)26/h10-11,24,28H,6-9,12H2,1-5H3. The number of hydrogen-bond donors (Lipinski definition) is 2. The fourth-order valence-corrected chi connectivity index (χ4v) is 5.48. The molecular formula is C22H29BrN2O4. The number of piperidine rings is 1. The first-order chi connectivity index (χ1) is 13.4. The average molecular weight is 465 g/mol. The summed E-state index contributed by atoms with van der Waals surface area (Å²) < 4.78 is 6.64. The van der Waals surface area contributed by atoms with Crippen molar-refractivity contribution < 1.29 is 19.4 Å². The number of amides is 1. The number of rotatable bonds is 2. The smallest absolute Gasteiger partial charge is 0.307 e. The molecule has 2 aliphatic heterocycles. The van der Waals surface area contributed by atoms with Crippen molar-refractivity contribution in [1.29, 1.82) is 0 Å². The summed E-state index contributed by atoms with van der Waals surface area (Å²) in [4.78, 5) is 25.5. The maximum Gasteiger partial charge on any atom is 0.307 e.